The van der Waals surface area contributed by atoms with Crippen LogP contribution in [-0.4, -0.2) is 58.4 Å². The Balaban J connectivity index is 1.80. The zero-order chi connectivity index (χ0) is 26.4. The van der Waals surface area contributed by atoms with Crippen molar-refractivity contribution < 1.29 is 19.4 Å². The normalized spacial score (nSPS) is 12.6. The summed E-state index contributed by atoms with van der Waals surface area (Å²) in [5, 5.41) is 11.7. The standard InChI is InChI=1S/C26H34ClN3O5S/c1-6-34-26(33)23-21(16(4)5)22-24(32)28-20(29-25(22)36-23)13-30(11-15(2)3)12-18(31)14-35-19-9-7-17(27)8-10-19/h7-10,15-16,18,31H,6,11-14H2,1-5H3,(H,28,29,32). The predicted octanol–water partition coefficient (Wildman–Crippen LogP) is 4.84. The first-order chi connectivity index (χ1) is 17.1. The van der Waals surface area contributed by atoms with E-state index in [1.54, 1.807) is 31.2 Å². The van der Waals surface area contributed by atoms with E-state index >= 15 is 0 Å². The van der Waals surface area contributed by atoms with Crippen LogP contribution in [0.15, 0.2) is 29.1 Å². The van der Waals surface area contributed by atoms with Crippen molar-refractivity contribution in [3.63, 3.8) is 0 Å². The van der Waals surface area contributed by atoms with Gasteiger partial charge in [-0.15, -0.1) is 11.3 Å². The molecule has 8 nitrogen and oxygen atoms in total. The smallest absolute Gasteiger partial charge is 0.348 e. The molecule has 2 N–H and O–H groups in total. The second-order valence-electron chi connectivity index (χ2n) is 9.42. The molecule has 0 aliphatic rings. The average Bonchev–Trinajstić information content (AvgIpc) is 3.19. The van der Waals surface area contributed by atoms with E-state index < -0.39 is 12.1 Å². The summed E-state index contributed by atoms with van der Waals surface area (Å²) in [7, 11) is 0. The average molecular weight is 536 g/mol. The van der Waals surface area contributed by atoms with Crippen LogP contribution in [0.4, 0.5) is 0 Å². The van der Waals surface area contributed by atoms with Crippen molar-refractivity contribution >= 4 is 39.1 Å². The van der Waals surface area contributed by atoms with Gasteiger partial charge in [0.1, 0.15) is 34.0 Å². The van der Waals surface area contributed by atoms with Crippen molar-refractivity contribution in [1.29, 1.82) is 0 Å². The lowest BCUT2D eigenvalue weighted by molar-refractivity contribution is 0.0530. The second kappa shape index (κ2) is 12.7. The first-order valence-corrected chi connectivity index (χ1v) is 13.3. The van der Waals surface area contributed by atoms with Crippen LogP contribution >= 0.6 is 22.9 Å². The van der Waals surface area contributed by atoms with E-state index in [2.05, 4.69) is 23.8 Å². The van der Waals surface area contributed by atoms with Gasteiger partial charge in [0, 0.05) is 18.1 Å². The summed E-state index contributed by atoms with van der Waals surface area (Å²) in [6.45, 7) is 11.5. The van der Waals surface area contributed by atoms with E-state index in [1.807, 2.05) is 18.7 Å². The molecule has 1 aromatic carbocycles. The van der Waals surface area contributed by atoms with Crippen LogP contribution < -0.4 is 10.3 Å². The van der Waals surface area contributed by atoms with Crippen molar-refractivity contribution in [3.05, 3.63) is 55.9 Å². The Bertz CT molecular complexity index is 1220. The Morgan fingerprint density at radius 1 is 1.19 bits per heavy atom. The maximum absolute atomic E-state index is 13.1. The summed E-state index contributed by atoms with van der Waals surface area (Å²) >= 11 is 7.09. The summed E-state index contributed by atoms with van der Waals surface area (Å²) in [5.41, 5.74) is 0.393. The summed E-state index contributed by atoms with van der Waals surface area (Å²) < 4.78 is 10.9. The highest BCUT2D eigenvalue weighted by atomic mass is 35.5. The summed E-state index contributed by atoms with van der Waals surface area (Å²) in [5.74, 6) is 0.956. The highest BCUT2D eigenvalue weighted by Crippen LogP contribution is 2.34. The van der Waals surface area contributed by atoms with Crippen LogP contribution in [0.2, 0.25) is 5.02 Å². The first-order valence-electron chi connectivity index (χ1n) is 12.1. The van der Waals surface area contributed by atoms with Crippen LogP contribution in [0.3, 0.4) is 0 Å². The molecule has 0 bridgehead atoms. The Labute approximate surface area is 220 Å². The lowest BCUT2D eigenvalue weighted by Gasteiger charge is -2.26. The molecule has 0 radical (unpaired) electrons. The van der Waals surface area contributed by atoms with Gasteiger partial charge in [0.05, 0.1) is 18.5 Å². The summed E-state index contributed by atoms with van der Waals surface area (Å²) in [6, 6.07) is 6.97. The Morgan fingerprint density at radius 2 is 1.89 bits per heavy atom. The lowest BCUT2D eigenvalue weighted by Crippen LogP contribution is -2.38. The molecule has 0 amide bonds. The molecule has 0 aliphatic heterocycles. The van der Waals surface area contributed by atoms with Gasteiger partial charge in [0.25, 0.3) is 5.56 Å². The number of nitrogens with one attached hydrogen (secondary N) is 1. The quantitative estimate of drug-likeness (QED) is 0.320. The van der Waals surface area contributed by atoms with Crippen LogP contribution in [-0.2, 0) is 11.3 Å². The highest BCUT2D eigenvalue weighted by molar-refractivity contribution is 7.20. The minimum absolute atomic E-state index is 0.0415. The molecule has 2 aromatic heterocycles. The third-order valence-electron chi connectivity index (χ3n) is 5.41. The number of hydrogen-bond donors (Lipinski definition) is 2. The van der Waals surface area contributed by atoms with Crippen LogP contribution in [0.5, 0.6) is 5.75 Å². The molecule has 0 spiro atoms. The molecule has 0 fully saturated rings. The van der Waals surface area contributed by atoms with Gasteiger partial charge in [0.15, 0.2) is 0 Å². The number of nitrogens with zero attached hydrogens (tertiary/aromatic N) is 2. The van der Waals surface area contributed by atoms with Crippen molar-refractivity contribution in [2.75, 3.05) is 26.3 Å². The number of halogens is 1. The maximum atomic E-state index is 13.1. The van der Waals surface area contributed by atoms with Crippen LogP contribution in [0.25, 0.3) is 10.2 Å². The number of thiophene rings is 1. The summed E-state index contributed by atoms with van der Waals surface area (Å²) in [4.78, 5) is 36.2. The van der Waals surface area contributed by atoms with E-state index in [4.69, 9.17) is 21.1 Å². The van der Waals surface area contributed by atoms with E-state index in [1.165, 1.54) is 11.3 Å². The fraction of sp³-hybridized carbons (Fsp3) is 0.500. The molecule has 0 saturated heterocycles. The molecule has 36 heavy (non-hydrogen) atoms. The SMILES string of the molecule is CCOC(=O)c1sc2nc(CN(CC(C)C)CC(O)COc3ccc(Cl)cc3)[nH]c(=O)c2c1C(C)C. The first kappa shape index (κ1) is 28.1. The van der Waals surface area contributed by atoms with Gasteiger partial charge in [-0.1, -0.05) is 39.3 Å². The minimum Gasteiger partial charge on any atom is -0.491 e. The molecular formula is C26H34ClN3O5S. The van der Waals surface area contributed by atoms with E-state index in [9.17, 15) is 14.7 Å². The molecule has 0 saturated carbocycles. The number of rotatable bonds is 12. The van der Waals surface area contributed by atoms with Crippen LogP contribution in [0.1, 0.15) is 61.6 Å². The van der Waals surface area contributed by atoms with Crippen molar-refractivity contribution in [1.82, 2.24) is 14.9 Å². The number of carbonyl (C=O) groups is 1. The van der Waals surface area contributed by atoms with Gasteiger partial charge in [0.2, 0.25) is 0 Å². The number of hydrogen-bond acceptors (Lipinski definition) is 8. The monoisotopic (exact) mass is 535 g/mol. The summed E-state index contributed by atoms with van der Waals surface area (Å²) in [6.07, 6.45) is -0.750. The van der Waals surface area contributed by atoms with E-state index in [0.717, 1.165) is 0 Å². The fourth-order valence-corrected chi connectivity index (χ4v) is 5.42. The van der Waals surface area contributed by atoms with Crippen molar-refractivity contribution in [3.8, 4) is 5.75 Å². The number of carbonyl (C=O) groups excluding carboxylic acids is 1. The van der Waals surface area contributed by atoms with Crippen molar-refractivity contribution in [2.24, 2.45) is 5.92 Å². The van der Waals surface area contributed by atoms with Gasteiger partial charge >= 0.3 is 5.97 Å². The largest absolute Gasteiger partial charge is 0.491 e. The van der Waals surface area contributed by atoms with Gasteiger partial charge in [-0.05, 0) is 48.6 Å². The molecule has 3 aromatic rings. The molecular weight excluding hydrogens is 502 g/mol. The number of esters is 1. The maximum Gasteiger partial charge on any atom is 0.348 e. The molecule has 2 heterocycles. The number of fused-ring (bicyclic) bond motifs is 1. The van der Waals surface area contributed by atoms with Gasteiger partial charge < -0.3 is 19.6 Å². The Kier molecular flexibility index (Phi) is 9.90. The van der Waals surface area contributed by atoms with E-state index in [0.29, 0.717) is 62.8 Å². The zero-order valence-corrected chi connectivity index (χ0v) is 22.9. The highest BCUT2D eigenvalue weighted by Gasteiger charge is 2.25. The Morgan fingerprint density at radius 3 is 2.50 bits per heavy atom. The fourth-order valence-electron chi connectivity index (χ4n) is 4.05. The number of aromatic amines is 1. The van der Waals surface area contributed by atoms with Crippen LogP contribution in [0, 0.1) is 5.92 Å². The Hall–Kier alpha value is -2.46. The van der Waals surface area contributed by atoms with Gasteiger partial charge in [-0.25, -0.2) is 9.78 Å². The number of aromatic nitrogens is 2. The third-order valence-corrected chi connectivity index (χ3v) is 6.74. The molecule has 3 rings (SSSR count). The number of aliphatic hydroxyl groups is 1. The van der Waals surface area contributed by atoms with Gasteiger partial charge in [-0.2, -0.15) is 0 Å². The predicted molar refractivity (Wildman–Crippen MR) is 143 cm³/mol. The zero-order valence-electron chi connectivity index (χ0n) is 21.3. The third kappa shape index (κ3) is 7.29. The molecule has 196 valence electrons. The second-order valence-corrected chi connectivity index (χ2v) is 10.9. The van der Waals surface area contributed by atoms with Gasteiger partial charge in [-0.3, -0.25) is 9.69 Å². The molecule has 1 unspecified atom stereocenters. The number of aliphatic hydroxyl groups excluding tert-OH is 1. The molecule has 0 aliphatic carbocycles. The molecule has 1 atom stereocenters. The number of benzene rings is 1. The minimum atomic E-state index is -0.750. The topological polar surface area (TPSA) is 105 Å². The number of H-pyrrole nitrogens is 1. The number of ether oxygens (including phenoxy) is 2. The lowest BCUT2D eigenvalue weighted by atomic mass is 10.0. The molecule has 10 heteroatoms. The van der Waals surface area contributed by atoms with Crippen molar-refractivity contribution in [2.45, 2.75) is 53.2 Å². The van der Waals surface area contributed by atoms with E-state index in [-0.39, 0.29) is 24.7 Å².